The van der Waals surface area contributed by atoms with Crippen LogP contribution >= 0.6 is 0 Å². The van der Waals surface area contributed by atoms with E-state index < -0.39 is 0 Å². The van der Waals surface area contributed by atoms with Crippen molar-refractivity contribution < 1.29 is 14.3 Å². The second-order valence-electron chi connectivity index (χ2n) is 8.16. The van der Waals surface area contributed by atoms with E-state index in [1.165, 1.54) is 82.3 Å². The Bertz CT molecular complexity index is 614. The molecule has 29 heavy (non-hydrogen) atoms. The minimum atomic E-state index is -0.298. The van der Waals surface area contributed by atoms with Gasteiger partial charge in [-0.1, -0.05) is 82.9 Å². The van der Waals surface area contributed by atoms with Crippen LogP contribution in [0.15, 0.2) is 24.3 Å². The van der Waals surface area contributed by atoms with Crippen molar-refractivity contribution in [2.24, 2.45) is 0 Å². The van der Waals surface area contributed by atoms with E-state index in [9.17, 15) is 4.79 Å². The summed E-state index contributed by atoms with van der Waals surface area (Å²) >= 11 is 0. The molecule has 0 atom stereocenters. The minimum absolute atomic E-state index is 0.298. The van der Waals surface area contributed by atoms with Gasteiger partial charge in [-0.15, -0.1) is 0 Å². The summed E-state index contributed by atoms with van der Waals surface area (Å²) < 4.78 is 11.3. The number of carbonyl (C=O) groups is 1. The number of benzene rings is 1. The molecular weight excluding hydrogens is 360 g/mol. The van der Waals surface area contributed by atoms with Gasteiger partial charge < -0.3 is 9.47 Å². The zero-order chi connectivity index (χ0) is 20.7. The monoisotopic (exact) mass is 400 g/mol. The standard InChI is InChI=1S/C26H40O3/c1-3-5-6-7-8-9-10-13-21-29-26-23(19-20-25(27)28-4-2)17-14-18-24(26)22-15-11-12-16-22/h14,17-20,22H,3-13,15-16,21H2,1-2H3. The molecular formula is C26H40O3. The van der Waals surface area contributed by atoms with Gasteiger partial charge in [-0.25, -0.2) is 4.79 Å². The Morgan fingerprint density at radius 2 is 1.69 bits per heavy atom. The zero-order valence-corrected chi connectivity index (χ0v) is 18.6. The van der Waals surface area contributed by atoms with Crippen LogP contribution in [0, 0.1) is 0 Å². The molecule has 0 unspecified atom stereocenters. The summed E-state index contributed by atoms with van der Waals surface area (Å²) in [7, 11) is 0. The lowest BCUT2D eigenvalue weighted by molar-refractivity contribution is -0.137. The summed E-state index contributed by atoms with van der Waals surface area (Å²) in [6.07, 6.45) is 18.8. The van der Waals surface area contributed by atoms with Crippen LogP contribution in [0.3, 0.4) is 0 Å². The molecule has 0 bridgehead atoms. The van der Waals surface area contributed by atoms with Crippen molar-refractivity contribution in [3.63, 3.8) is 0 Å². The van der Waals surface area contributed by atoms with Crippen LogP contribution in [0.2, 0.25) is 0 Å². The molecule has 0 saturated heterocycles. The number of unbranched alkanes of at least 4 members (excludes halogenated alkanes) is 7. The van der Waals surface area contributed by atoms with Crippen molar-refractivity contribution in [3.8, 4) is 5.75 Å². The fraction of sp³-hybridized carbons (Fsp3) is 0.654. The lowest BCUT2D eigenvalue weighted by Crippen LogP contribution is -2.05. The Labute approximate surface area is 177 Å². The van der Waals surface area contributed by atoms with Crippen molar-refractivity contribution >= 4 is 12.0 Å². The normalized spacial score (nSPS) is 14.6. The minimum Gasteiger partial charge on any atom is -0.493 e. The number of ether oxygens (including phenoxy) is 2. The van der Waals surface area contributed by atoms with E-state index >= 15 is 0 Å². The maximum atomic E-state index is 11.7. The molecule has 1 saturated carbocycles. The van der Waals surface area contributed by atoms with Crippen molar-refractivity contribution in [1.29, 1.82) is 0 Å². The average molecular weight is 401 g/mol. The molecule has 1 aliphatic rings. The Morgan fingerprint density at radius 1 is 1.00 bits per heavy atom. The van der Waals surface area contributed by atoms with Gasteiger partial charge in [0.05, 0.1) is 13.2 Å². The van der Waals surface area contributed by atoms with Crippen molar-refractivity contribution in [2.45, 2.75) is 96.8 Å². The first-order chi connectivity index (χ1) is 14.3. The van der Waals surface area contributed by atoms with Crippen molar-refractivity contribution in [3.05, 3.63) is 35.4 Å². The van der Waals surface area contributed by atoms with E-state index in [-0.39, 0.29) is 5.97 Å². The third kappa shape index (κ3) is 8.64. The van der Waals surface area contributed by atoms with Gasteiger partial charge in [0.2, 0.25) is 0 Å². The molecule has 0 radical (unpaired) electrons. The first kappa shape index (κ1) is 23.5. The van der Waals surface area contributed by atoms with Gasteiger partial charge in [0.25, 0.3) is 0 Å². The van der Waals surface area contributed by atoms with Gasteiger partial charge in [0.15, 0.2) is 0 Å². The predicted molar refractivity (Wildman–Crippen MR) is 121 cm³/mol. The van der Waals surface area contributed by atoms with E-state index in [4.69, 9.17) is 9.47 Å². The maximum Gasteiger partial charge on any atom is 0.330 e. The number of carbonyl (C=O) groups excluding carboxylic acids is 1. The summed E-state index contributed by atoms with van der Waals surface area (Å²) in [5.41, 5.74) is 2.30. The van der Waals surface area contributed by atoms with Crippen LogP contribution in [-0.2, 0) is 9.53 Å². The van der Waals surface area contributed by atoms with Crippen LogP contribution < -0.4 is 4.74 Å². The van der Waals surface area contributed by atoms with Crippen molar-refractivity contribution in [2.75, 3.05) is 13.2 Å². The third-order valence-electron chi connectivity index (χ3n) is 5.80. The lowest BCUT2D eigenvalue weighted by atomic mass is 9.94. The molecule has 0 aromatic heterocycles. The van der Waals surface area contributed by atoms with Gasteiger partial charge in [-0.2, -0.15) is 0 Å². The molecule has 0 spiro atoms. The van der Waals surface area contributed by atoms with E-state index in [0.29, 0.717) is 12.5 Å². The van der Waals surface area contributed by atoms with E-state index in [1.54, 1.807) is 0 Å². The molecule has 3 heteroatoms. The van der Waals surface area contributed by atoms with E-state index in [2.05, 4.69) is 19.1 Å². The second kappa shape index (κ2) is 14.3. The molecule has 3 nitrogen and oxygen atoms in total. The Morgan fingerprint density at radius 3 is 2.38 bits per heavy atom. The van der Waals surface area contributed by atoms with Crippen LogP contribution in [0.25, 0.3) is 6.08 Å². The molecule has 0 heterocycles. The van der Waals surface area contributed by atoms with Crippen LogP contribution in [-0.4, -0.2) is 19.2 Å². The number of hydrogen-bond donors (Lipinski definition) is 0. The number of esters is 1. The smallest absolute Gasteiger partial charge is 0.330 e. The SMILES string of the molecule is CCCCCCCCCCOc1c(C=CC(=O)OCC)cccc1C1CCCC1. The van der Waals surface area contributed by atoms with Crippen LogP contribution in [0.4, 0.5) is 0 Å². The fourth-order valence-corrected chi connectivity index (χ4v) is 4.19. The Kier molecular flexibility index (Phi) is 11.6. The van der Waals surface area contributed by atoms with Crippen LogP contribution in [0.5, 0.6) is 5.75 Å². The second-order valence-corrected chi connectivity index (χ2v) is 8.16. The molecule has 1 aromatic carbocycles. The first-order valence-corrected chi connectivity index (χ1v) is 11.9. The van der Waals surface area contributed by atoms with E-state index in [1.807, 2.05) is 19.1 Å². The Hall–Kier alpha value is -1.77. The fourth-order valence-electron chi connectivity index (χ4n) is 4.19. The number of rotatable bonds is 14. The molecule has 2 rings (SSSR count). The number of hydrogen-bond acceptors (Lipinski definition) is 3. The average Bonchev–Trinajstić information content (AvgIpc) is 3.26. The topological polar surface area (TPSA) is 35.5 Å². The predicted octanol–water partition coefficient (Wildman–Crippen LogP) is 7.44. The summed E-state index contributed by atoms with van der Waals surface area (Å²) in [6.45, 7) is 5.23. The highest BCUT2D eigenvalue weighted by Crippen LogP contribution is 2.40. The highest BCUT2D eigenvalue weighted by Gasteiger charge is 2.22. The summed E-state index contributed by atoms with van der Waals surface area (Å²) in [6, 6.07) is 6.33. The van der Waals surface area contributed by atoms with Gasteiger partial charge in [0, 0.05) is 11.6 Å². The van der Waals surface area contributed by atoms with Gasteiger partial charge in [0.1, 0.15) is 5.75 Å². The summed E-state index contributed by atoms with van der Waals surface area (Å²) in [5.74, 6) is 1.26. The molecule has 0 N–H and O–H groups in total. The molecule has 162 valence electrons. The van der Waals surface area contributed by atoms with Gasteiger partial charge in [-0.3, -0.25) is 0 Å². The Balaban J connectivity index is 1.93. The molecule has 1 aliphatic carbocycles. The first-order valence-electron chi connectivity index (χ1n) is 11.9. The van der Waals surface area contributed by atoms with E-state index in [0.717, 1.165) is 24.3 Å². The molecule has 0 amide bonds. The molecule has 0 aliphatic heterocycles. The maximum absolute atomic E-state index is 11.7. The largest absolute Gasteiger partial charge is 0.493 e. The third-order valence-corrected chi connectivity index (χ3v) is 5.80. The highest BCUT2D eigenvalue weighted by molar-refractivity contribution is 5.87. The summed E-state index contributed by atoms with van der Waals surface area (Å²) in [5, 5.41) is 0. The summed E-state index contributed by atoms with van der Waals surface area (Å²) in [4.78, 5) is 11.7. The van der Waals surface area contributed by atoms with Gasteiger partial charge >= 0.3 is 5.97 Å². The molecule has 1 fully saturated rings. The van der Waals surface area contributed by atoms with Gasteiger partial charge in [-0.05, 0) is 43.7 Å². The highest BCUT2D eigenvalue weighted by atomic mass is 16.5. The lowest BCUT2D eigenvalue weighted by Gasteiger charge is -2.18. The van der Waals surface area contributed by atoms with Crippen molar-refractivity contribution in [1.82, 2.24) is 0 Å². The zero-order valence-electron chi connectivity index (χ0n) is 18.6. The molecule has 1 aromatic rings. The van der Waals surface area contributed by atoms with Crippen LogP contribution in [0.1, 0.15) is 108 Å². The number of para-hydroxylation sites is 1. The quantitative estimate of drug-likeness (QED) is 0.185.